The lowest BCUT2D eigenvalue weighted by Gasteiger charge is -2.12. The van der Waals surface area contributed by atoms with Crippen LogP contribution in [0.4, 0.5) is 14.6 Å². The Hall–Kier alpha value is -3.11. The molecule has 0 aliphatic heterocycles. The van der Waals surface area contributed by atoms with E-state index < -0.39 is 23.8 Å². The van der Waals surface area contributed by atoms with Gasteiger partial charge >= 0.3 is 0 Å². The number of amides is 1. The first kappa shape index (κ1) is 18.9. The number of rotatable bonds is 5. The number of hydrogen-bond acceptors (Lipinski definition) is 5. The van der Waals surface area contributed by atoms with E-state index in [1.807, 2.05) is 0 Å². The van der Waals surface area contributed by atoms with E-state index in [1.165, 1.54) is 6.20 Å². The number of hydrogen-bond donors (Lipinski definition) is 3. The molecule has 0 radical (unpaired) electrons. The van der Waals surface area contributed by atoms with Crippen LogP contribution in [0.25, 0.3) is 27.8 Å². The van der Waals surface area contributed by atoms with Crippen molar-refractivity contribution in [2.24, 2.45) is 5.92 Å². The predicted molar refractivity (Wildman–Crippen MR) is 107 cm³/mol. The first-order valence-corrected chi connectivity index (χ1v) is 9.63. The summed E-state index contributed by atoms with van der Waals surface area (Å²) < 4.78 is 29.7. The third kappa shape index (κ3) is 2.99. The molecule has 2 atom stereocenters. The maximum atomic E-state index is 15.0. The smallest absolute Gasteiger partial charge is 0.231 e. The van der Waals surface area contributed by atoms with Crippen LogP contribution in [-0.2, 0) is 11.3 Å². The fourth-order valence-electron chi connectivity index (χ4n) is 3.51. The van der Waals surface area contributed by atoms with Crippen LogP contribution in [-0.4, -0.2) is 43.7 Å². The fraction of sp³-hybridized carbons (Fsp3) is 0.263. The largest absolute Gasteiger partial charge is 0.316 e. The highest BCUT2D eigenvalue weighted by Gasteiger charge is 2.43. The average Bonchev–Trinajstić information content (AvgIpc) is 3.11. The van der Waals surface area contributed by atoms with Gasteiger partial charge in [0.1, 0.15) is 12.0 Å². The van der Waals surface area contributed by atoms with Crippen LogP contribution in [0.15, 0.2) is 24.8 Å². The summed E-state index contributed by atoms with van der Waals surface area (Å²) in [6.45, 7) is 0.280. The van der Waals surface area contributed by atoms with Gasteiger partial charge in [-0.15, -0.1) is 0 Å². The van der Waals surface area contributed by atoms with E-state index in [0.29, 0.717) is 33.4 Å². The normalized spacial score (nSPS) is 18.3. The number of nitrogens with one attached hydrogen (secondary N) is 3. The number of anilines is 1. The Morgan fingerprint density at radius 1 is 1.40 bits per heavy atom. The van der Waals surface area contributed by atoms with E-state index in [9.17, 15) is 13.6 Å². The Kier molecular flexibility index (Phi) is 4.40. The van der Waals surface area contributed by atoms with Crippen molar-refractivity contribution in [3.8, 4) is 11.3 Å². The average molecular weight is 432 g/mol. The Balaban J connectivity index is 1.57. The molecule has 3 aromatic heterocycles. The number of alkyl halides is 1. The highest BCUT2D eigenvalue weighted by molar-refractivity contribution is 6.35. The summed E-state index contributed by atoms with van der Waals surface area (Å²) in [6, 6.07) is 0. The molecule has 3 N–H and O–H groups in total. The van der Waals surface area contributed by atoms with Gasteiger partial charge in [-0.1, -0.05) is 11.6 Å². The van der Waals surface area contributed by atoms with Crippen molar-refractivity contribution in [3.63, 3.8) is 0 Å². The minimum absolute atomic E-state index is 0.0580. The fourth-order valence-corrected chi connectivity index (χ4v) is 3.82. The van der Waals surface area contributed by atoms with Gasteiger partial charge in [-0.05, 0) is 13.5 Å². The number of aromatic nitrogens is 5. The summed E-state index contributed by atoms with van der Waals surface area (Å²) >= 11 is 6.38. The molecule has 8 nitrogen and oxygen atoms in total. The maximum Gasteiger partial charge on any atom is 0.231 e. The molecule has 5 rings (SSSR count). The van der Waals surface area contributed by atoms with Gasteiger partial charge in [0.05, 0.1) is 40.7 Å². The quantitative estimate of drug-likeness (QED) is 0.451. The van der Waals surface area contributed by atoms with E-state index in [-0.39, 0.29) is 23.8 Å². The van der Waals surface area contributed by atoms with Crippen molar-refractivity contribution in [1.29, 1.82) is 0 Å². The summed E-state index contributed by atoms with van der Waals surface area (Å²) in [5, 5.41) is 13.0. The molecular formula is C19H16ClF2N7O. The lowest BCUT2D eigenvalue weighted by Crippen LogP contribution is -2.15. The van der Waals surface area contributed by atoms with E-state index in [0.717, 1.165) is 0 Å². The molecule has 1 aromatic carbocycles. The molecule has 30 heavy (non-hydrogen) atoms. The van der Waals surface area contributed by atoms with Gasteiger partial charge in [-0.25, -0.2) is 13.8 Å². The zero-order chi connectivity index (χ0) is 21.0. The molecular weight excluding hydrogens is 416 g/mol. The topological polar surface area (TPSA) is 100 Å². The molecule has 0 spiro atoms. The van der Waals surface area contributed by atoms with E-state index in [2.05, 4.69) is 30.8 Å². The number of halogens is 3. The number of benzene rings is 1. The summed E-state index contributed by atoms with van der Waals surface area (Å²) in [6.07, 6.45) is 5.43. The lowest BCUT2D eigenvalue weighted by atomic mass is 10.0. The first-order valence-electron chi connectivity index (χ1n) is 9.25. The van der Waals surface area contributed by atoms with Crippen LogP contribution in [0.3, 0.4) is 0 Å². The summed E-state index contributed by atoms with van der Waals surface area (Å²) in [7, 11) is 1.71. The second kappa shape index (κ2) is 6.99. The second-order valence-corrected chi connectivity index (χ2v) is 7.56. The molecule has 1 aliphatic rings. The monoisotopic (exact) mass is 431 g/mol. The molecule has 3 heterocycles. The number of fused-ring (bicyclic) bond motifs is 2. The van der Waals surface area contributed by atoms with Crippen molar-refractivity contribution in [2.75, 3.05) is 12.4 Å². The number of carbonyl (C=O) groups excluding carboxylic acids is 1. The number of carbonyl (C=O) groups is 1. The van der Waals surface area contributed by atoms with E-state index in [1.54, 1.807) is 30.0 Å². The van der Waals surface area contributed by atoms with Crippen LogP contribution in [0.2, 0.25) is 5.02 Å². The third-order valence-electron chi connectivity index (χ3n) is 5.14. The van der Waals surface area contributed by atoms with Crippen LogP contribution < -0.4 is 10.6 Å². The van der Waals surface area contributed by atoms with Gasteiger partial charge in [0.25, 0.3) is 0 Å². The van der Waals surface area contributed by atoms with Crippen molar-refractivity contribution in [1.82, 2.24) is 29.9 Å². The van der Waals surface area contributed by atoms with Crippen molar-refractivity contribution >= 4 is 39.9 Å². The molecule has 1 aliphatic carbocycles. The van der Waals surface area contributed by atoms with E-state index >= 15 is 0 Å². The van der Waals surface area contributed by atoms with Gasteiger partial charge in [0, 0.05) is 29.3 Å². The highest BCUT2D eigenvalue weighted by atomic mass is 35.5. The molecule has 0 bridgehead atoms. The molecule has 11 heteroatoms. The SMILES string of the molecule is CNCc1c(F)c(Cl)c(-c2cn3cc(NC(=O)[C@@H]4C[C@@H]4F)nc3cn2)c2cn[nH]c12. The molecule has 4 aromatic rings. The van der Waals surface area contributed by atoms with Crippen molar-refractivity contribution < 1.29 is 13.6 Å². The zero-order valence-electron chi connectivity index (χ0n) is 15.7. The summed E-state index contributed by atoms with van der Waals surface area (Å²) in [4.78, 5) is 20.6. The van der Waals surface area contributed by atoms with Gasteiger partial charge < -0.3 is 15.0 Å². The van der Waals surface area contributed by atoms with Crippen molar-refractivity contribution in [3.05, 3.63) is 41.2 Å². The molecule has 0 saturated heterocycles. The van der Waals surface area contributed by atoms with Gasteiger partial charge in [0.15, 0.2) is 11.5 Å². The number of aromatic amines is 1. The highest BCUT2D eigenvalue weighted by Crippen LogP contribution is 2.38. The molecule has 154 valence electrons. The summed E-state index contributed by atoms with van der Waals surface area (Å²) in [5.41, 5.74) is 2.20. The van der Waals surface area contributed by atoms with Crippen LogP contribution in [0.5, 0.6) is 0 Å². The second-order valence-electron chi connectivity index (χ2n) is 7.18. The third-order valence-corrected chi connectivity index (χ3v) is 5.49. The number of H-pyrrole nitrogens is 1. The Morgan fingerprint density at radius 3 is 2.93 bits per heavy atom. The first-order chi connectivity index (χ1) is 14.5. The predicted octanol–water partition coefficient (Wildman–Crippen LogP) is 3.08. The maximum absolute atomic E-state index is 15.0. The van der Waals surface area contributed by atoms with Crippen LogP contribution in [0.1, 0.15) is 12.0 Å². The van der Waals surface area contributed by atoms with Gasteiger partial charge in [-0.3, -0.25) is 14.9 Å². The minimum atomic E-state index is -1.09. The minimum Gasteiger partial charge on any atom is -0.316 e. The zero-order valence-corrected chi connectivity index (χ0v) is 16.5. The Bertz CT molecular complexity index is 1300. The van der Waals surface area contributed by atoms with Crippen molar-refractivity contribution in [2.45, 2.75) is 19.1 Å². The molecule has 1 fully saturated rings. The number of imidazole rings is 1. The molecule has 1 saturated carbocycles. The lowest BCUT2D eigenvalue weighted by molar-refractivity contribution is -0.117. The summed E-state index contributed by atoms with van der Waals surface area (Å²) in [5.74, 6) is -1.28. The van der Waals surface area contributed by atoms with Crippen LogP contribution >= 0.6 is 11.6 Å². The standard InChI is InChI=1S/C19H16ClF2N7O/c1-23-3-10-17(22)16(20)15(9-4-25-28-18(9)10)12-6-29-7-13(26-14(29)5-24-12)27-19(30)8-2-11(8)21/h4-8,11,23H,2-3H2,1H3,(H,25,28)(H,27,30)/t8-,11+/m1/s1. The Labute approximate surface area is 173 Å². The van der Waals surface area contributed by atoms with E-state index in [4.69, 9.17) is 11.6 Å². The van der Waals surface area contributed by atoms with Gasteiger partial charge in [0.2, 0.25) is 5.91 Å². The molecule has 0 unspecified atom stereocenters. The molecule has 1 amide bonds. The number of nitrogens with zero attached hydrogens (tertiary/aromatic N) is 4. The van der Waals surface area contributed by atoms with Crippen LogP contribution in [0, 0.1) is 11.7 Å². The Morgan fingerprint density at radius 2 is 2.20 bits per heavy atom. The van der Waals surface area contributed by atoms with Gasteiger partial charge in [-0.2, -0.15) is 5.10 Å².